The molecule has 0 saturated carbocycles. The van der Waals surface area contributed by atoms with E-state index in [0.717, 1.165) is 0 Å². The number of hydrogen-bond acceptors (Lipinski definition) is 7. The number of hydrazine groups is 1. The standard InChI is InChI=1S/C24H25N3O7S/c1-3-33-19-12-14-20(15-13-19)35(30,31)27-18-10-8-17(9-11-18)24(29)26-25-23(28)16-34-22-7-5-4-6-21(22)32-2/h4-15,27H,3,16H2,1-2H3,(H,25,28)(H,26,29). The van der Waals surface area contributed by atoms with Gasteiger partial charge in [-0.3, -0.25) is 25.2 Å². The number of carbonyl (C=O) groups is 2. The number of amides is 2. The van der Waals surface area contributed by atoms with Crippen LogP contribution in [-0.2, 0) is 14.8 Å². The topological polar surface area (TPSA) is 132 Å². The smallest absolute Gasteiger partial charge is 0.276 e. The molecule has 3 aromatic carbocycles. The number of para-hydroxylation sites is 2. The van der Waals surface area contributed by atoms with Crippen LogP contribution in [0.3, 0.4) is 0 Å². The molecule has 0 heterocycles. The first-order chi connectivity index (χ1) is 16.8. The quantitative estimate of drug-likeness (QED) is 0.366. The molecule has 0 aliphatic carbocycles. The maximum atomic E-state index is 12.6. The summed E-state index contributed by atoms with van der Waals surface area (Å²) >= 11 is 0. The van der Waals surface area contributed by atoms with Gasteiger partial charge in [0.05, 0.1) is 18.6 Å². The molecule has 0 fully saturated rings. The summed E-state index contributed by atoms with van der Waals surface area (Å²) in [5.41, 5.74) is 5.00. The third-order valence-electron chi connectivity index (χ3n) is 4.59. The van der Waals surface area contributed by atoms with Gasteiger partial charge >= 0.3 is 0 Å². The van der Waals surface area contributed by atoms with Gasteiger partial charge in [-0.1, -0.05) is 12.1 Å². The first-order valence-corrected chi connectivity index (χ1v) is 12.0. The molecule has 0 bridgehead atoms. The van der Waals surface area contributed by atoms with Gasteiger partial charge in [-0.2, -0.15) is 0 Å². The fourth-order valence-corrected chi connectivity index (χ4v) is 3.96. The highest BCUT2D eigenvalue weighted by Gasteiger charge is 2.15. The third-order valence-corrected chi connectivity index (χ3v) is 5.98. The largest absolute Gasteiger partial charge is 0.494 e. The Morgan fingerprint density at radius 3 is 2.11 bits per heavy atom. The van der Waals surface area contributed by atoms with E-state index < -0.39 is 21.8 Å². The molecule has 3 aromatic rings. The van der Waals surface area contributed by atoms with Crippen molar-refractivity contribution in [2.45, 2.75) is 11.8 Å². The summed E-state index contributed by atoms with van der Waals surface area (Å²) < 4.78 is 43.4. The second-order valence-electron chi connectivity index (χ2n) is 7.03. The normalized spacial score (nSPS) is 10.7. The zero-order valence-corrected chi connectivity index (χ0v) is 19.9. The Bertz CT molecular complexity index is 1260. The van der Waals surface area contributed by atoms with Gasteiger partial charge in [-0.05, 0) is 67.6 Å². The average Bonchev–Trinajstić information content (AvgIpc) is 2.87. The van der Waals surface area contributed by atoms with Crippen LogP contribution in [-0.4, -0.2) is 40.6 Å². The van der Waals surface area contributed by atoms with Gasteiger partial charge in [0, 0.05) is 11.3 Å². The number of ether oxygens (including phenoxy) is 3. The summed E-state index contributed by atoms with van der Waals surface area (Å²) in [6, 6.07) is 18.6. The van der Waals surface area contributed by atoms with E-state index in [4.69, 9.17) is 14.2 Å². The molecular weight excluding hydrogens is 474 g/mol. The number of methoxy groups -OCH3 is 1. The Morgan fingerprint density at radius 2 is 1.49 bits per heavy atom. The van der Waals surface area contributed by atoms with Crippen LogP contribution in [0, 0.1) is 0 Å². The summed E-state index contributed by atoms with van der Waals surface area (Å²) in [6.07, 6.45) is 0. The number of sulfonamides is 1. The Morgan fingerprint density at radius 1 is 0.829 bits per heavy atom. The van der Waals surface area contributed by atoms with Crippen LogP contribution in [0.15, 0.2) is 77.7 Å². The maximum Gasteiger partial charge on any atom is 0.276 e. The molecule has 0 saturated heterocycles. The Kier molecular flexibility index (Phi) is 8.52. The lowest BCUT2D eigenvalue weighted by atomic mass is 10.2. The first-order valence-electron chi connectivity index (χ1n) is 10.5. The molecule has 3 rings (SSSR count). The van der Waals surface area contributed by atoms with Crippen LogP contribution in [0.2, 0.25) is 0 Å². The zero-order chi connectivity index (χ0) is 25.3. The van der Waals surface area contributed by atoms with Crippen LogP contribution in [0.1, 0.15) is 17.3 Å². The lowest BCUT2D eigenvalue weighted by molar-refractivity contribution is -0.123. The van der Waals surface area contributed by atoms with Gasteiger partial charge in [0.2, 0.25) is 0 Å². The van der Waals surface area contributed by atoms with Crippen molar-refractivity contribution in [3.63, 3.8) is 0 Å². The SMILES string of the molecule is CCOc1ccc(S(=O)(=O)Nc2ccc(C(=O)NNC(=O)COc3ccccc3OC)cc2)cc1. The molecule has 0 spiro atoms. The highest BCUT2D eigenvalue weighted by molar-refractivity contribution is 7.92. The Hall–Kier alpha value is -4.25. The highest BCUT2D eigenvalue weighted by Crippen LogP contribution is 2.25. The van der Waals surface area contributed by atoms with Gasteiger partial charge < -0.3 is 14.2 Å². The van der Waals surface area contributed by atoms with Crippen LogP contribution in [0.4, 0.5) is 5.69 Å². The van der Waals surface area contributed by atoms with Gasteiger partial charge in [0.1, 0.15) is 5.75 Å². The predicted molar refractivity (Wildman–Crippen MR) is 129 cm³/mol. The first kappa shape index (κ1) is 25.4. The summed E-state index contributed by atoms with van der Waals surface area (Å²) in [7, 11) is -2.33. The minimum Gasteiger partial charge on any atom is -0.494 e. The van der Waals surface area contributed by atoms with Gasteiger partial charge in [-0.25, -0.2) is 8.42 Å². The van der Waals surface area contributed by atoms with E-state index in [1.165, 1.54) is 43.5 Å². The van der Waals surface area contributed by atoms with Crippen molar-refractivity contribution in [3.8, 4) is 17.2 Å². The number of hydrogen-bond donors (Lipinski definition) is 3. The second-order valence-corrected chi connectivity index (χ2v) is 8.71. The third kappa shape index (κ3) is 7.11. The van der Waals surface area contributed by atoms with Crippen molar-refractivity contribution >= 4 is 27.5 Å². The molecule has 0 aliphatic heterocycles. The summed E-state index contributed by atoms with van der Waals surface area (Å²) in [4.78, 5) is 24.3. The molecule has 0 unspecified atom stereocenters. The van der Waals surface area contributed by atoms with Crippen molar-refractivity contribution in [3.05, 3.63) is 78.4 Å². The van der Waals surface area contributed by atoms with Gasteiger partial charge in [0.25, 0.3) is 21.8 Å². The summed E-state index contributed by atoms with van der Waals surface area (Å²) in [5.74, 6) is 0.267. The Balaban J connectivity index is 1.51. The van der Waals surface area contributed by atoms with E-state index in [9.17, 15) is 18.0 Å². The molecule has 184 valence electrons. The molecule has 11 heteroatoms. The maximum absolute atomic E-state index is 12.6. The van der Waals surface area contributed by atoms with E-state index in [0.29, 0.717) is 23.9 Å². The molecule has 2 amide bonds. The van der Waals surface area contributed by atoms with E-state index in [-0.39, 0.29) is 22.8 Å². The minimum atomic E-state index is -3.82. The molecular formula is C24H25N3O7S. The molecule has 35 heavy (non-hydrogen) atoms. The van der Waals surface area contributed by atoms with Crippen molar-refractivity contribution in [2.75, 3.05) is 25.0 Å². The average molecular weight is 500 g/mol. The predicted octanol–water partition coefficient (Wildman–Crippen LogP) is 2.73. The van der Waals surface area contributed by atoms with Crippen LogP contribution >= 0.6 is 0 Å². The number of rotatable bonds is 10. The molecule has 0 atom stereocenters. The number of carbonyl (C=O) groups excluding carboxylic acids is 2. The fourth-order valence-electron chi connectivity index (χ4n) is 2.90. The zero-order valence-electron chi connectivity index (χ0n) is 19.1. The van der Waals surface area contributed by atoms with E-state index in [1.807, 2.05) is 6.92 Å². The summed E-state index contributed by atoms with van der Waals surface area (Å²) in [5, 5.41) is 0. The van der Waals surface area contributed by atoms with Crippen LogP contribution in [0.25, 0.3) is 0 Å². The monoisotopic (exact) mass is 499 g/mol. The molecule has 0 radical (unpaired) electrons. The molecule has 0 aliphatic rings. The van der Waals surface area contributed by atoms with Crippen molar-refractivity contribution in [1.29, 1.82) is 0 Å². The van der Waals surface area contributed by atoms with E-state index in [1.54, 1.807) is 36.4 Å². The number of benzene rings is 3. The van der Waals surface area contributed by atoms with E-state index >= 15 is 0 Å². The number of nitrogens with one attached hydrogen (secondary N) is 3. The summed E-state index contributed by atoms with van der Waals surface area (Å²) in [6.45, 7) is 1.97. The molecule has 3 N–H and O–H groups in total. The lowest BCUT2D eigenvalue weighted by Crippen LogP contribution is -2.43. The van der Waals surface area contributed by atoms with Gasteiger partial charge in [0.15, 0.2) is 18.1 Å². The van der Waals surface area contributed by atoms with Crippen LogP contribution in [0.5, 0.6) is 17.2 Å². The fraction of sp³-hybridized carbons (Fsp3) is 0.167. The van der Waals surface area contributed by atoms with Crippen molar-refractivity contribution in [1.82, 2.24) is 10.9 Å². The van der Waals surface area contributed by atoms with Gasteiger partial charge in [-0.15, -0.1) is 0 Å². The number of anilines is 1. The highest BCUT2D eigenvalue weighted by atomic mass is 32.2. The van der Waals surface area contributed by atoms with E-state index in [2.05, 4.69) is 15.6 Å². The Labute approximate surface area is 203 Å². The van der Waals surface area contributed by atoms with Crippen LogP contribution < -0.4 is 29.8 Å². The van der Waals surface area contributed by atoms with Crippen molar-refractivity contribution < 1.29 is 32.2 Å². The van der Waals surface area contributed by atoms with Crippen molar-refractivity contribution in [2.24, 2.45) is 0 Å². The lowest BCUT2D eigenvalue weighted by Gasteiger charge is -2.12. The second kappa shape index (κ2) is 11.7. The molecule has 0 aromatic heterocycles. The minimum absolute atomic E-state index is 0.0702. The molecule has 10 nitrogen and oxygen atoms in total.